The summed E-state index contributed by atoms with van der Waals surface area (Å²) in [5, 5.41) is 6.12. The van der Waals surface area contributed by atoms with Gasteiger partial charge in [0.25, 0.3) is 0 Å². The van der Waals surface area contributed by atoms with Crippen molar-refractivity contribution in [2.24, 2.45) is 0 Å². The van der Waals surface area contributed by atoms with Gasteiger partial charge in [-0.2, -0.15) is 11.8 Å². The lowest BCUT2D eigenvalue weighted by Gasteiger charge is -2.22. The lowest BCUT2D eigenvalue weighted by atomic mass is 10.2. The maximum Gasteiger partial charge on any atom is 0.221 e. The molecule has 1 amide bonds. The molecule has 1 atom stereocenters. The molecule has 1 saturated heterocycles. The molecule has 1 rings (SSSR count). The van der Waals surface area contributed by atoms with E-state index in [0.717, 1.165) is 22.5 Å². The molecule has 0 aliphatic carbocycles. The lowest BCUT2D eigenvalue weighted by molar-refractivity contribution is -0.121. The first-order chi connectivity index (χ1) is 6.68. The summed E-state index contributed by atoms with van der Waals surface area (Å²) in [6.45, 7) is 5.18. The van der Waals surface area contributed by atoms with E-state index in [2.05, 4.69) is 33.1 Å². The number of hydrogen-bond donors (Lipinski definition) is 2. The Hall–Kier alpha value is -0.0000000000000000763. The Bertz CT molecular complexity index is 217. The molecule has 0 aromatic heterocycles. The van der Waals surface area contributed by atoms with Crippen LogP contribution >= 0.6 is 27.7 Å². The van der Waals surface area contributed by atoms with Crippen LogP contribution in [0.3, 0.4) is 0 Å². The Morgan fingerprint density at radius 2 is 2.50 bits per heavy atom. The average molecular weight is 279 g/mol. The van der Waals surface area contributed by atoms with Gasteiger partial charge in [0.2, 0.25) is 5.91 Å². The minimum atomic E-state index is 0.0885. The summed E-state index contributed by atoms with van der Waals surface area (Å²) in [6, 6.07) is 0.331. The standard InChI is InChI=1S/C9H15BrN2OS/c1-7(10)5-12-9(13)4-8-6-14-3-2-11-8/h8,11H,1-6H2,(H,12,13). The summed E-state index contributed by atoms with van der Waals surface area (Å²) < 4.78 is 0.803. The SMILES string of the molecule is C=C(Br)CNC(=O)CC1CSCCN1. The van der Waals surface area contributed by atoms with Gasteiger partial charge in [-0.05, 0) is 0 Å². The van der Waals surface area contributed by atoms with E-state index in [0.29, 0.717) is 19.0 Å². The number of amides is 1. The van der Waals surface area contributed by atoms with Crippen molar-refractivity contribution in [1.82, 2.24) is 10.6 Å². The van der Waals surface area contributed by atoms with Crippen molar-refractivity contribution in [3.05, 3.63) is 11.1 Å². The van der Waals surface area contributed by atoms with Gasteiger partial charge < -0.3 is 10.6 Å². The van der Waals surface area contributed by atoms with Crippen molar-refractivity contribution in [2.75, 3.05) is 24.6 Å². The Morgan fingerprint density at radius 1 is 1.71 bits per heavy atom. The predicted octanol–water partition coefficient (Wildman–Crippen LogP) is 1.11. The van der Waals surface area contributed by atoms with Crippen molar-refractivity contribution in [1.29, 1.82) is 0 Å². The summed E-state index contributed by atoms with van der Waals surface area (Å²) >= 11 is 5.10. The highest BCUT2D eigenvalue weighted by Crippen LogP contribution is 2.10. The van der Waals surface area contributed by atoms with Gasteiger partial charge in [0.1, 0.15) is 0 Å². The zero-order valence-electron chi connectivity index (χ0n) is 8.01. The normalized spacial score (nSPS) is 21.6. The summed E-state index contributed by atoms with van der Waals surface area (Å²) in [6.07, 6.45) is 0.563. The maximum absolute atomic E-state index is 11.4. The first-order valence-electron chi connectivity index (χ1n) is 4.59. The molecule has 1 heterocycles. The fraction of sp³-hybridized carbons (Fsp3) is 0.667. The van der Waals surface area contributed by atoms with Gasteiger partial charge in [0.15, 0.2) is 0 Å². The van der Waals surface area contributed by atoms with E-state index in [4.69, 9.17) is 0 Å². The molecule has 1 unspecified atom stereocenters. The summed E-state index contributed by atoms with van der Waals surface area (Å²) in [7, 11) is 0. The van der Waals surface area contributed by atoms with Crippen molar-refractivity contribution < 1.29 is 4.79 Å². The van der Waals surface area contributed by atoms with E-state index < -0.39 is 0 Å². The largest absolute Gasteiger partial charge is 0.351 e. The second kappa shape index (κ2) is 6.48. The van der Waals surface area contributed by atoms with E-state index in [-0.39, 0.29) is 5.91 Å². The zero-order valence-corrected chi connectivity index (χ0v) is 10.4. The zero-order chi connectivity index (χ0) is 10.4. The number of nitrogens with one attached hydrogen (secondary N) is 2. The average Bonchev–Trinajstić information content (AvgIpc) is 2.16. The fourth-order valence-corrected chi connectivity index (χ4v) is 2.33. The van der Waals surface area contributed by atoms with Crippen LogP contribution in [-0.4, -0.2) is 36.5 Å². The van der Waals surface area contributed by atoms with Gasteiger partial charge >= 0.3 is 0 Å². The van der Waals surface area contributed by atoms with Crippen LogP contribution in [0.4, 0.5) is 0 Å². The van der Waals surface area contributed by atoms with Gasteiger partial charge in [0, 0.05) is 41.5 Å². The fourth-order valence-electron chi connectivity index (χ4n) is 1.24. The quantitative estimate of drug-likeness (QED) is 0.810. The van der Waals surface area contributed by atoms with E-state index in [1.165, 1.54) is 0 Å². The summed E-state index contributed by atoms with van der Waals surface area (Å²) in [4.78, 5) is 11.4. The van der Waals surface area contributed by atoms with Gasteiger partial charge in [-0.1, -0.05) is 22.5 Å². The third-order valence-electron chi connectivity index (χ3n) is 1.91. The summed E-state index contributed by atoms with van der Waals surface area (Å²) in [5.74, 6) is 2.27. The van der Waals surface area contributed by atoms with Crippen LogP contribution in [0.15, 0.2) is 11.1 Å². The van der Waals surface area contributed by atoms with Crippen molar-refractivity contribution in [2.45, 2.75) is 12.5 Å². The molecular formula is C9H15BrN2OS. The molecule has 0 bridgehead atoms. The molecule has 5 heteroatoms. The Labute approximate surface area is 97.2 Å². The molecule has 0 radical (unpaired) electrons. The van der Waals surface area contributed by atoms with Crippen LogP contribution in [0.5, 0.6) is 0 Å². The third-order valence-corrected chi connectivity index (χ3v) is 3.32. The number of rotatable bonds is 4. The van der Waals surface area contributed by atoms with Crippen molar-refractivity contribution in [3.8, 4) is 0 Å². The highest BCUT2D eigenvalue weighted by atomic mass is 79.9. The molecule has 14 heavy (non-hydrogen) atoms. The minimum absolute atomic E-state index is 0.0885. The number of halogens is 1. The second-order valence-corrected chi connectivity index (χ2v) is 5.50. The summed E-state index contributed by atoms with van der Waals surface area (Å²) in [5.41, 5.74) is 0. The molecule has 0 aromatic carbocycles. The van der Waals surface area contributed by atoms with Crippen LogP contribution in [-0.2, 0) is 4.79 Å². The van der Waals surface area contributed by atoms with Crippen LogP contribution in [0.2, 0.25) is 0 Å². The Balaban J connectivity index is 2.15. The van der Waals surface area contributed by atoms with Crippen LogP contribution in [0.25, 0.3) is 0 Å². The Morgan fingerprint density at radius 3 is 3.07 bits per heavy atom. The molecule has 3 nitrogen and oxygen atoms in total. The molecule has 1 aliphatic rings. The van der Waals surface area contributed by atoms with Gasteiger partial charge in [0.05, 0.1) is 0 Å². The minimum Gasteiger partial charge on any atom is -0.351 e. The van der Waals surface area contributed by atoms with Gasteiger partial charge in [-0.15, -0.1) is 0 Å². The number of carbonyl (C=O) groups excluding carboxylic acids is 1. The maximum atomic E-state index is 11.4. The lowest BCUT2D eigenvalue weighted by Crippen LogP contribution is -2.41. The van der Waals surface area contributed by atoms with Gasteiger partial charge in [-0.3, -0.25) is 4.79 Å². The molecule has 0 saturated carbocycles. The van der Waals surface area contributed by atoms with E-state index in [9.17, 15) is 4.79 Å². The van der Waals surface area contributed by atoms with E-state index in [1.54, 1.807) is 0 Å². The van der Waals surface area contributed by atoms with E-state index >= 15 is 0 Å². The smallest absolute Gasteiger partial charge is 0.221 e. The second-order valence-electron chi connectivity index (χ2n) is 3.22. The third kappa shape index (κ3) is 5.02. The first kappa shape index (κ1) is 12.1. The molecule has 1 aliphatic heterocycles. The van der Waals surface area contributed by atoms with Crippen LogP contribution in [0.1, 0.15) is 6.42 Å². The van der Waals surface area contributed by atoms with Crippen molar-refractivity contribution >= 4 is 33.6 Å². The molecule has 80 valence electrons. The predicted molar refractivity (Wildman–Crippen MR) is 64.8 cm³/mol. The van der Waals surface area contributed by atoms with Crippen LogP contribution in [0, 0.1) is 0 Å². The number of thioether (sulfide) groups is 1. The molecule has 2 N–H and O–H groups in total. The molecule has 0 aromatic rings. The molecular weight excluding hydrogens is 264 g/mol. The topological polar surface area (TPSA) is 41.1 Å². The van der Waals surface area contributed by atoms with Gasteiger partial charge in [-0.25, -0.2) is 0 Å². The highest BCUT2D eigenvalue weighted by Gasteiger charge is 2.16. The van der Waals surface area contributed by atoms with Crippen molar-refractivity contribution in [3.63, 3.8) is 0 Å². The number of carbonyl (C=O) groups is 1. The van der Waals surface area contributed by atoms with E-state index in [1.807, 2.05) is 11.8 Å². The Kier molecular flexibility index (Phi) is 5.59. The molecule has 1 fully saturated rings. The molecule has 0 spiro atoms. The number of hydrogen-bond acceptors (Lipinski definition) is 3. The van der Waals surface area contributed by atoms with Crippen LogP contribution < -0.4 is 10.6 Å². The monoisotopic (exact) mass is 278 g/mol. The first-order valence-corrected chi connectivity index (χ1v) is 6.54. The highest BCUT2D eigenvalue weighted by molar-refractivity contribution is 9.11.